The molecule has 1 N–H and O–H groups in total. The molecule has 1 aliphatic rings. The number of esters is 2. The van der Waals surface area contributed by atoms with E-state index in [9.17, 15) is 22.8 Å². The van der Waals surface area contributed by atoms with Crippen molar-refractivity contribution in [2.75, 3.05) is 13.7 Å². The van der Waals surface area contributed by atoms with Crippen molar-refractivity contribution in [3.8, 4) is 0 Å². The van der Waals surface area contributed by atoms with E-state index in [-0.39, 0.29) is 6.04 Å². The molecule has 0 bridgehead atoms. The van der Waals surface area contributed by atoms with Gasteiger partial charge in [0.2, 0.25) is 0 Å². The van der Waals surface area contributed by atoms with Crippen LogP contribution in [0.2, 0.25) is 0 Å². The molecular weight excluding hydrogens is 351 g/mol. The number of halogens is 3. The number of hydrogen-bond acceptors (Lipinski definition) is 5. The van der Waals surface area contributed by atoms with Crippen molar-refractivity contribution in [2.45, 2.75) is 44.0 Å². The minimum absolute atomic E-state index is 0.253. The van der Waals surface area contributed by atoms with E-state index in [0.717, 1.165) is 12.0 Å². The Morgan fingerprint density at radius 1 is 1.27 bits per heavy atom. The average Bonchev–Trinajstić information content (AvgIpc) is 3.14. The monoisotopic (exact) mass is 373 g/mol. The van der Waals surface area contributed by atoms with Gasteiger partial charge in [0.05, 0.1) is 5.92 Å². The Morgan fingerprint density at radius 3 is 2.42 bits per heavy atom. The van der Waals surface area contributed by atoms with E-state index in [1.807, 2.05) is 30.3 Å². The fourth-order valence-electron chi connectivity index (χ4n) is 3.42. The number of ether oxygens (including phenoxy) is 2. The molecular formula is C18H22F3NO4. The lowest BCUT2D eigenvalue weighted by atomic mass is 9.76. The van der Waals surface area contributed by atoms with E-state index >= 15 is 0 Å². The highest BCUT2D eigenvalue weighted by atomic mass is 19.4. The first-order valence-corrected chi connectivity index (χ1v) is 8.36. The number of carbonyl (C=O) groups excluding carboxylic acids is 2. The number of rotatable bonds is 6. The SMILES string of the molecule is CO[C@@](Cc1ccccc1)([C@@H]1CCCN1)[C@@H](C)C(=O)OC(=O)C(F)(F)F. The van der Waals surface area contributed by atoms with E-state index in [0.29, 0.717) is 19.4 Å². The molecule has 1 heterocycles. The molecule has 1 aromatic rings. The van der Waals surface area contributed by atoms with Gasteiger partial charge in [0.15, 0.2) is 0 Å². The maximum atomic E-state index is 12.4. The molecule has 2 rings (SSSR count). The Balaban J connectivity index is 2.29. The number of hydrogen-bond donors (Lipinski definition) is 1. The van der Waals surface area contributed by atoms with Crippen LogP contribution >= 0.6 is 0 Å². The fraction of sp³-hybridized carbons (Fsp3) is 0.556. The molecule has 0 saturated carbocycles. The van der Waals surface area contributed by atoms with Crippen LogP contribution < -0.4 is 5.32 Å². The van der Waals surface area contributed by atoms with E-state index in [1.54, 1.807) is 0 Å². The Kier molecular flexibility index (Phi) is 6.41. The number of alkyl halides is 3. The Bertz CT molecular complexity index is 629. The van der Waals surface area contributed by atoms with Gasteiger partial charge < -0.3 is 14.8 Å². The first-order chi connectivity index (χ1) is 12.2. The van der Waals surface area contributed by atoms with Gasteiger partial charge in [-0.1, -0.05) is 30.3 Å². The van der Waals surface area contributed by atoms with Crippen molar-refractivity contribution >= 4 is 11.9 Å². The summed E-state index contributed by atoms with van der Waals surface area (Å²) in [5.74, 6) is -4.85. The largest absolute Gasteiger partial charge is 0.491 e. The number of nitrogens with one attached hydrogen (secondary N) is 1. The fourth-order valence-corrected chi connectivity index (χ4v) is 3.42. The smallest absolute Gasteiger partial charge is 0.386 e. The second kappa shape index (κ2) is 8.18. The number of benzene rings is 1. The molecule has 144 valence electrons. The molecule has 8 heteroatoms. The van der Waals surface area contributed by atoms with Crippen molar-refractivity contribution in [3.05, 3.63) is 35.9 Å². The minimum atomic E-state index is -5.23. The molecule has 1 aliphatic heterocycles. The van der Waals surface area contributed by atoms with Crippen molar-refractivity contribution in [1.29, 1.82) is 0 Å². The first kappa shape index (κ1) is 20.4. The van der Waals surface area contributed by atoms with Crippen LogP contribution in [0.1, 0.15) is 25.3 Å². The quantitative estimate of drug-likeness (QED) is 0.614. The van der Waals surface area contributed by atoms with E-state index in [1.165, 1.54) is 14.0 Å². The van der Waals surface area contributed by atoms with Crippen LogP contribution in [-0.4, -0.2) is 43.4 Å². The Hall–Kier alpha value is -1.93. The van der Waals surface area contributed by atoms with E-state index in [4.69, 9.17) is 4.74 Å². The van der Waals surface area contributed by atoms with Crippen LogP contribution in [0.15, 0.2) is 30.3 Å². The molecule has 3 atom stereocenters. The maximum Gasteiger partial charge on any atom is 0.491 e. The summed E-state index contributed by atoms with van der Waals surface area (Å²) in [6.07, 6.45) is -3.38. The number of methoxy groups -OCH3 is 1. The summed E-state index contributed by atoms with van der Waals surface area (Å²) in [7, 11) is 1.41. The summed E-state index contributed by atoms with van der Waals surface area (Å²) >= 11 is 0. The zero-order valence-corrected chi connectivity index (χ0v) is 14.6. The van der Waals surface area contributed by atoms with Gasteiger partial charge in [-0.25, -0.2) is 4.79 Å². The topological polar surface area (TPSA) is 64.6 Å². The molecule has 5 nitrogen and oxygen atoms in total. The molecule has 0 unspecified atom stereocenters. The lowest BCUT2D eigenvalue weighted by Crippen LogP contribution is -2.58. The molecule has 1 saturated heterocycles. The third kappa shape index (κ3) is 4.42. The third-order valence-corrected chi connectivity index (χ3v) is 4.86. The van der Waals surface area contributed by atoms with Crippen LogP contribution in [0.3, 0.4) is 0 Å². The predicted molar refractivity (Wildman–Crippen MR) is 87.2 cm³/mol. The Labute approximate surface area is 149 Å². The summed E-state index contributed by atoms with van der Waals surface area (Å²) in [6, 6.07) is 8.94. The maximum absolute atomic E-state index is 12.4. The molecule has 26 heavy (non-hydrogen) atoms. The summed E-state index contributed by atoms with van der Waals surface area (Å²) in [6.45, 7) is 2.15. The highest BCUT2D eigenvalue weighted by molar-refractivity contribution is 5.90. The highest BCUT2D eigenvalue weighted by Crippen LogP contribution is 2.35. The zero-order chi connectivity index (χ0) is 19.4. The van der Waals surface area contributed by atoms with Crippen molar-refractivity contribution in [1.82, 2.24) is 5.32 Å². The van der Waals surface area contributed by atoms with Crippen LogP contribution in [0.5, 0.6) is 0 Å². The highest BCUT2D eigenvalue weighted by Gasteiger charge is 2.51. The molecule has 0 amide bonds. The third-order valence-electron chi connectivity index (χ3n) is 4.86. The van der Waals surface area contributed by atoms with Crippen LogP contribution in [0.25, 0.3) is 0 Å². The van der Waals surface area contributed by atoms with Crippen LogP contribution in [0, 0.1) is 5.92 Å². The lowest BCUT2D eigenvalue weighted by Gasteiger charge is -2.41. The standard InChI is InChI=1S/C18H22F3NO4/c1-12(15(23)26-16(24)18(19,20)21)17(25-2,14-9-6-10-22-14)11-13-7-4-3-5-8-13/h3-5,7-8,12,14,22H,6,9-11H2,1-2H3/t12-,14-,17+/m0/s1. The van der Waals surface area contributed by atoms with Gasteiger partial charge in [0.25, 0.3) is 0 Å². The van der Waals surface area contributed by atoms with Gasteiger partial charge in [-0.2, -0.15) is 13.2 Å². The molecule has 0 aliphatic carbocycles. The summed E-state index contributed by atoms with van der Waals surface area (Å²) in [5.41, 5.74) is -0.272. The molecule has 0 radical (unpaired) electrons. The lowest BCUT2D eigenvalue weighted by molar-refractivity contribution is -0.206. The van der Waals surface area contributed by atoms with Gasteiger partial charge in [-0.3, -0.25) is 4.79 Å². The predicted octanol–water partition coefficient (Wildman–Crippen LogP) is 2.63. The van der Waals surface area contributed by atoms with E-state index in [2.05, 4.69) is 10.1 Å². The zero-order valence-electron chi connectivity index (χ0n) is 14.6. The van der Waals surface area contributed by atoms with Crippen LogP contribution in [0.4, 0.5) is 13.2 Å². The van der Waals surface area contributed by atoms with Gasteiger partial charge in [0.1, 0.15) is 5.60 Å². The first-order valence-electron chi connectivity index (χ1n) is 8.36. The molecule has 1 aromatic carbocycles. The molecule has 1 fully saturated rings. The molecule has 0 spiro atoms. The average molecular weight is 373 g/mol. The minimum Gasteiger partial charge on any atom is -0.386 e. The van der Waals surface area contributed by atoms with Gasteiger partial charge in [0, 0.05) is 19.6 Å². The van der Waals surface area contributed by atoms with Gasteiger partial charge in [-0.05, 0) is 31.9 Å². The van der Waals surface area contributed by atoms with Gasteiger partial charge in [-0.15, -0.1) is 0 Å². The molecule has 0 aromatic heterocycles. The summed E-state index contributed by atoms with van der Waals surface area (Å²) in [5, 5.41) is 3.25. The van der Waals surface area contributed by atoms with Gasteiger partial charge >= 0.3 is 18.1 Å². The van der Waals surface area contributed by atoms with Crippen molar-refractivity contribution < 1.29 is 32.2 Å². The Morgan fingerprint density at radius 2 is 1.92 bits per heavy atom. The second-order valence-electron chi connectivity index (χ2n) is 6.40. The van der Waals surface area contributed by atoms with Crippen LogP contribution in [-0.2, 0) is 25.5 Å². The summed E-state index contributed by atoms with van der Waals surface area (Å²) < 4.78 is 47.1. The van der Waals surface area contributed by atoms with Crippen molar-refractivity contribution in [2.24, 2.45) is 5.92 Å². The number of carbonyl (C=O) groups is 2. The summed E-state index contributed by atoms with van der Waals surface area (Å²) in [4.78, 5) is 23.4. The van der Waals surface area contributed by atoms with E-state index < -0.39 is 29.6 Å². The van der Waals surface area contributed by atoms with Crippen molar-refractivity contribution in [3.63, 3.8) is 0 Å². The second-order valence-corrected chi connectivity index (χ2v) is 6.40. The normalized spacial score (nSPS) is 21.0.